The molecular formula is C27H20Cl2N2O4. The molecular weight excluding hydrogens is 487 g/mol. The van der Waals surface area contributed by atoms with Gasteiger partial charge in [0.15, 0.2) is 0 Å². The lowest BCUT2D eigenvalue weighted by Crippen LogP contribution is -2.18. The first-order chi connectivity index (χ1) is 17.0. The number of fused-ring (bicyclic) bond motifs is 1. The van der Waals surface area contributed by atoms with Gasteiger partial charge < -0.3 is 9.47 Å². The fourth-order valence-corrected chi connectivity index (χ4v) is 3.89. The van der Waals surface area contributed by atoms with Gasteiger partial charge in [-0.2, -0.15) is 5.10 Å². The zero-order valence-corrected chi connectivity index (χ0v) is 20.1. The molecule has 1 N–H and O–H groups in total. The predicted octanol–water partition coefficient (Wildman–Crippen LogP) is 6.53. The van der Waals surface area contributed by atoms with Crippen LogP contribution in [0.25, 0.3) is 10.8 Å². The Balaban J connectivity index is 1.60. The summed E-state index contributed by atoms with van der Waals surface area (Å²) in [4.78, 5) is 25.3. The van der Waals surface area contributed by atoms with E-state index in [1.165, 1.54) is 18.3 Å². The molecule has 0 atom stereocenters. The molecule has 4 aromatic rings. The van der Waals surface area contributed by atoms with Crippen molar-refractivity contribution < 1.29 is 19.1 Å². The summed E-state index contributed by atoms with van der Waals surface area (Å²) in [7, 11) is 0. The summed E-state index contributed by atoms with van der Waals surface area (Å²) in [5.74, 6) is -0.0738. The molecule has 0 radical (unpaired) electrons. The second-order valence-corrected chi connectivity index (χ2v) is 8.21. The first-order valence-electron chi connectivity index (χ1n) is 10.7. The first kappa shape index (κ1) is 24.3. The third-order valence-corrected chi connectivity index (χ3v) is 5.62. The Hall–Kier alpha value is -3.87. The van der Waals surface area contributed by atoms with Crippen LogP contribution < -0.4 is 14.9 Å². The fraction of sp³-hybridized carbons (Fsp3) is 0.0741. The van der Waals surface area contributed by atoms with Crippen LogP contribution in [0.15, 0.2) is 84.0 Å². The number of nitrogens with zero attached hydrogens (tertiary/aromatic N) is 1. The molecule has 0 saturated heterocycles. The SMILES string of the molecule is CCOc1ccc(C(=O)Oc2ccc3ccccc3c2C=NNC(=O)c2ccc(Cl)cc2Cl)cc1. The second kappa shape index (κ2) is 11.0. The molecule has 0 aliphatic heterocycles. The van der Waals surface area contributed by atoms with E-state index in [0.29, 0.717) is 34.3 Å². The highest BCUT2D eigenvalue weighted by Crippen LogP contribution is 2.28. The number of hydrazone groups is 1. The van der Waals surface area contributed by atoms with Gasteiger partial charge in [-0.25, -0.2) is 10.2 Å². The lowest BCUT2D eigenvalue weighted by molar-refractivity contribution is 0.0734. The van der Waals surface area contributed by atoms with E-state index in [0.717, 1.165) is 10.8 Å². The van der Waals surface area contributed by atoms with Gasteiger partial charge in [0, 0.05) is 10.6 Å². The van der Waals surface area contributed by atoms with E-state index < -0.39 is 11.9 Å². The summed E-state index contributed by atoms with van der Waals surface area (Å²) in [6.45, 7) is 2.42. The quantitative estimate of drug-likeness (QED) is 0.134. The summed E-state index contributed by atoms with van der Waals surface area (Å²) in [6.07, 6.45) is 1.44. The van der Waals surface area contributed by atoms with Gasteiger partial charge in [-0.3, -0.25) is 4.79 Å². The molecule has 0 bridgehead atoms. The number of nitrogens with one attached hydrogen (secondary N) is 1. The normalized spacial score (nSPS) is 10.9. The second-order valence-electron chi connectivity index (χ2n) is 7.37. The molecule has 8 heteroatoms. The Morgan fingerprint density at radius 1 is 0.971 bits per heavy atom. The van der Waals surface area contributed by atoms with E-state index in [-0.39, 0.29) is 10.6 Å². The van der Waals surface area contributed by atoms with E-state index in [9.17, 15) is 9.59 Å². The highest BCUT2D eigenvalue weighted by molar-refractivity contribution is 6.36. The molecule has 0 heterocycles. The Morgan fingerprint density at radius 3 is 2.49 bits per heavy atom. The lowest BCUT2D eigenvalue weighted by Gasteiger charge is -2.11. The number of amides is 1. The Morgan fingerprint density at radius 2 is 1.74 bits per heavy atom. The van der Waals surface area contributed by atoms with Gasteiger partial charge in [0.25, 0.3) is 5.91 Å². The van der Waals surface area contributed by atoms with Gasteiger partial charge in [0.1, 0.15) is 11.5 Å². The van der Waals surface area contributed by atoms with E-state index in [2.05, 4.69) is 10.5 Å². The van der Waals surface area contributed by atoms with Crippen molar-refractivity contribution >= 4 is 52.1 Å². The van der Waals surface area contributed by atoms with Crippen molar-refractivity contribution in [2.24, 2.45) is 5.10 Å². The number of carbonyl (C=O) groups is 2. The highest BCUT2D eigenvalue weighted by Gasteiger charge is 2.14. The summed E-state index contributed by atoms with van der Waals surface area (Å²) < 4.78 is 11.1. The average molecular weight is 507 g/mol. The van der Waals surface area contributed by atoms with Crippen molar-refractivity contribution in [1.29, 1.82) is 0 Å². The number of benzene rings is 4. The van der Waals surface area contributed by atoms with E-state index in [4.69, 9.17) is 32.7 Å². The zero-order chi connectivity index (χ0) is 24.8. The standard InChI is InChI=1S/C27H20Cl2N2O4/c1-2-34-20-11-7-18(8-12-20)27(33)35-25-14-9-17-5-3-4-6-21(17)23(25)16-30-31-26(32)22-13-10-19(28)15-24(22)29/h3-16H,2H2,1H3,(H,31,32). The third kappa shape index (κ3) is 5.80. The molecule has 0 unspecified atom stereocenters. The number of rotatable bonds is 7. The van der Waals surface area contributed by atoms with Crippen molar-refractivity contribution in [2.75, 3.05) is 6.61 Å². The van der Waals surface area contributed by atoms with Crippen LogP contribution >= 0.6 is 23.2 Å². The number of halogens is 2. The third-order valence-electron chi connectivity index (χ3n) is 5.07. The topological polar surface area (TPSA) is 77.0 Å². The average Bonchev–Trinajstić information content (AvgIpc) is 2.85. The van der Waals surface area contributed by atoms with Crippen LogP contribution in [-0.4, -0.2) is 24.7 Å². The summed E-state index contributed by atoms with van der Waals surface area (Å²) in [6, 6.07) is 22.4. The summed E-state index contributed by atoms with van der Waals surface area (Å²) >= 11 is 12.0. The monoisotopic (exact) mass is 506 g/mol. The van der Waals surface area contributed by atoms with Crippen LogP contribution in [0.2, 0.25) is 10.0 Å². The van der Waals surface area contributed by atoms with Crippen LogP contribution in [0.3, 0.4) is 0 Å². The number of hydrogen-bond donors (Lipinski definition) is 1. The molecule has 4 rings (SSSR count). The van der Waals surface area contributed by atoms with Gasteiger partial charge in [-0.15, -0.1) is 0 Å². The molecule has 0 saturated carbocycles. The van der Waals surface area contributed by atoms with Crippen LogP contribution in [0, 0.1) is 0 Å². The van der Waals surface area contributed by atoms with Crippen molar-refractivity contribution in [3.05, 3.63) is 106 Å². The maximum Gasteiger partial charge on any atom is 0.343 e. The minimum Gasteiger partial charge on any atom is -0.494 e. The summed E-state index contributed by atoms with van der Waals surface area (Å²) in [5, 5.41) is 6.43. The molecule has 35 heavy (non-hydrogen) atoms. The Labute approximate surface area is 212 Å². The maximum atomic E-state index is 12.8. The van der Waals surface area contributed by atoms with E-state index in [1.54, 1.807) is 36.4 Å². The van der Waals surface area contributed by atoms with E-state index in [1.807, 2.05) is 37.3 Å². The molecule has 0 aliphatic carbocycles. The fourth-order valence-electron chi connectivity index (χ4n) is 3.40. The van der Waals surface area contributed by atoms with E-state index >= 15 is 0 Å². The molecule has 0 aromatic heterocycles. The first-order valence-corrected chi connectivity index (χ1v) is 11.5. The smallest absolute Gasteiger partial charge is 0.343 e. The van der Waals surface area contributed by atoms with Gasteiger partial charge in [0.2, 0.25) is 0 Å². The lowest BCUT2D eigenvalue weighted by atomic mass is 10.0. The number of carbonyl (C=O) groups excluding carboxylic acids is 2. The molecule has 0 aliphatic rings. The van der Waals surface area contributed by atoms with Gasteiger partial charge in [0.05, 0.1) is 29.0 Å². The van der Waals surface area contributed by atoms with Gasteiger partial charge >= 0.3 is 5.97 Å². The molecule has 176 valence electrons. The van der Waals surface area contributed by atoms with Crippen molar-refractivity contribution in [3.8, 4) is 11.5 Å². The van der Waals surface area contributed by atoms with Crippen molar-refractivity contribution in [1.82, 2.24) is 5.43 Å². The molecule has 0 fully saturated rings. The zero-order valence-electron chi connectivity index (χ0n) is 18.6. The maximum absolute atomic E-state index is 12.8. The molecule has 6 nitrogen and oxygen atoms in total. The van der Waals surface area contributed by atoms with Crippen LogP contribution in [0.5, 0.6) is 11.5 Å². The van der Waals surface area contributed by atoms with Gasteiger partial charge in [-0.1, -0.05) is 53.5 Å². The largest absolute Gasteiger partial charge is 0.494 e. The van der Waals surface area contributed by atoms with Gasteiger partial charge in [-0.05, 0) is 66.2 Å². The Kier molecular flexibility index (Phi) is 7.65. The number of esters is 1. The predicted molar refractivity (Wildman–Crippen MR) is 138 cm³/mol. The van der Waals surface area contributed by atoms with Crippen LogP contribution in [-0.2, 0) is 0 Å². The summed E-state index contributed by atoms with van der Waals surface area (Å²) in [5.41, 5.74) is 3.58. The highest BCUT2D eigenvalue weighted by atomic mass is 35.5. The number of hydrogen-bond acceptors (Lipinski definition) is 5. The molecule has 1 amide bonds. The minimum absolute atomic E-state index is 0.209. The molecule has 4 aromatic carbocycles. The van der Waals surface area contributed by atoms with Crippen LogP contribution in [0.4, 0.5) is 0 Å². The van der Waals surface area contributed by atoms with Crippen molar-refractivity contribution in [2.45, 2.75) is 6.92 Å². The minimum atomic E-state index is -0.532. The Bertz CT molecular complexity index is 1420. The van der Waals surface area contributed by atoms with Crippen LogP contribution in [0.1, 0.15) is 33.2 Å². The van der Waals surface area contributed by atoms with Crippen molar-refractivity contribution in [3.63, 3.8) is 0 Å². The molecule has 0 spiro atoms. The number of ether oxygens (including phenoxy) is 2.